The average molecular weight is 1380 g/mol. The van der Waals surface area contributed by atoms with Crippen LogP contribution in [0.1, 0.15) is 90.3 Å². The van der Waals surface area contributed by atoms with Crippen LogP contribution in [0.25, 0.3) is 44.1 Å². The highest BCUT2D eigenvalue weighted by Gasteiger charge is 2.29. The number of likely N-dealkylation sites (N-methyl/N-ethyl adjacent to an activating group) is 1. The van der Waals surface area contributed by atoms with Crippen LogP contribution in [0.5, 0.6) is 0 Å². The lowest BCUT2D eigenvalue weighted by Gasteiger charge is -2.35. The monoisotopic (exact) mass is 1380 g/mol. The number of likely N-dealkylation sites (tertiary alicyclic amines) is 2. The van der Waals surface area contributed by atoms with Gasteiger partial charge in [0, 0.05) is 74.3 Å². The van der Waals surface area contributed by atoms with Crippen molar-refractivity contribution in [2.45, 2.75) is 97.1 Å². The summed E-state index contributed by atoms with van der Waals surface area (Å²) < 4.78 is 33.4. The van der Waals surface area contributed by atoms with Crippen LogP contribution in [0.4, 0.5) is 20.2 Å². The number of carbonyl (C=O) groups is 8. The van der Waals surface area contributed by atoms with E-state index >= 15 is 8.78 Å². The molecule has 98 heavy (non-hydrogen) atoms. The number of carboxylic acid groups (broad SMARTS) is 1. The van der Waals surface area contributed by atoms with Crippen molar-refractivity contribution < 1.29 is 52.2 Å². The maximum Gasteiger partial charge on any atom is 0.335 e. The number of fused-ring (bicyclic) bond motifs is 2. The van der Waals surface area contributed by atoms with Gasteiger partial charge in [0.25, 0.3) is 11.8 Å². The van der Waals surface area contributed by atoms with Crippen LogP contribution >= 0.6 is 23.2 Å². The van der Waals surface area contributed by atoms with Gasteiger partial charge in [-0.1, -0.05) is 89.9 Å². The highest BCUT2D eigenvalue weighted by molar-refractivity contribution is 6.33. The average Bonchev–Trinajstić information content (AvgIpc) is 1.65. The second-order valence-corrected chi connectivity index (χ2v) is 25.6. The van der Waals surface area contributed by atoms with Gasteiger partial charge in [-0.15, -0.1) is 0 Å². The normalized spacial score (nSPS) is 13.7. The van der Waals surface area contributed by atoms with E-state index in [1.807, 2.05) is 7.05 Å². The summed E-state index contributed by atoms with van der Waals surface area (Å²) in [4.78, 5) is 111. The van der Waals surface area contributed by atoms with Gasteiger partial charge in [-0.2, -0.15) is 10.2 Å². The minimum atomic E-state index is -1.20. The minimum absolute atomic E-state index is 0.0245. The molecule has 0 saturated carbocycles. The van der Waals surface area contributed by atoms with Crippen molar-refractivity contribution in [2.75, 3.05) is 78.1 Å². The number of aromatic nitrogens is 4. The summed E-state index contributed by atoms with van der Waals surface area (Å²) >= 11 is 12.5. The molecule has 0 aliphatic carbocycles. The molecule has 23 nitrogen and oxygen atoms in total. The summed E-state index contributed by atoms with van der Waals surface area (Å²) in [7, 11) is 8.13. The third kappa shape index (κ3) is 18.5. The van der Waals surface area contributed by atoms with E-state index in [4.69, 9.17) is 34.7 Å². The number of amides is 7. The van der Waals surface area contributed by atoms with Gasteiger partial charge in [-0.25, -0.2) is 13.6 Å². The van der Waals surface area contributed by atoms with Gasteiger partial charge < -0.3 is 57.0 Å². The maximum absolute atomic E-state index is 15.5. The first-order valence-corrected chi connectivity index (χ1v) is 32.8. The van der Waals surface area contributed by atoms with E-state index in [0.29, 0.717) is 43.2 Å². The number of nitrogens with one attached hydrogen (secondary N) is 3. The molecule has 2 aromatic heterocycles. The van der Waals surface area contributed by atoms with Crippen LogP contribution in [0.3, 0.4) is 0 Å². The highest BCUT2D eigenvalue weighted by atomic mass is 35.5. The van der Waals surface area contributed by atoms with E-state index in [9.17, 15) is 43.5 Å². The van der Waals surface area contributed by atoms with E-state index in [-0.39, 0.29) is 82.8 Å². The van der Waals surface area contributed by atoms with Gasteiger partial charge in [0.05, 0.1) is 34.4 Å². The van der Waals surface area contributed by atoms with Gasteiger partial charge in [0.2, 0.25) is 29.5 Å². The lowest BCUT2D eigenvalue weighted by molar-refractivity contribution is -0.137. The largest absolute Gasteiger partial charge is 0.478 e. The number of piperidine rings is 2. The third-order valence-electron chi connectivity index (χ3n) is 17.3. The molecule has 2 aliphatic rings. The fraction of sp³-hybridized carbons (Fsp3) is 0.352. The van der Waals surface area contributed by atoms with E-state index in [1.165, 1.54) is 75.4 Å². The quantitative estimate of drug-likeness (QED) is 0.0391. The number of halogens is 4. The van der Waals surface area contributed by atoms with E-state index < -0.39 is 71.7 Å². The molecule has 8 N–H and O–H groups in total. The van der Waals surface area contributed by atoms with Crippen molar-refractivity contribution in [1.82, 2.24) is 49.4 Å². The molecule has 0 spiro atoms. The summed E-state index contributed by atoms with van der Waals surface area (Å²) in [5, 5.41) is 27.5. The van der Waals surface area contributed by atoms with Crippen molar-refractivity contribution in [2.24, 2.45) is 11.5 Å². The number of carboxylic acids is 1. The molecule has 0 unspecified atom stereocenters. The second kappa shape index (κ2) is 33.5. The second-order valence-electron chi connectivity index (χ2n) is 24.8. The summed E-state index contributed by atoms with van der Waals surface area (Å²) in [5.41, 5.74) is 13.6. The molecule has 518 valence electrons. The van der Waals surface area contributed by atoms with Gasteiger partial charge in [0.1, 0.15) is 26.2 Å². The predicted octanol–water partition coefficient (Wildman–Crippen LogP) is 9.03. The number of rotatable bonds is 21. The number of aromatic carboxylic acids is 1. The van der Waals surface area contributed by atoms with E-state index in [2.05, 4.69) is 57.1 Å². The lowest BCUT2D eigenvalue weighted by Crippen LogP contribution is -2.44. The Bertz CT molecular complexity index is 4260. The van der Waals surface area contributed by atoms with Crippen LogP contribution in [0.2, 0.25) is 10.0 Å². The van der Waals surface area contributed by atoms with Crippen molar-refractivity contribution in [3.05, 3.63) is 166 Å². The Hall–Kier alpha value is -9.66. The molecular formula is C71H82Cl2F2N14O9. The minimum Gasteiger partial charge on any atom is -0.478 e. The zero-order valence-corrected chi connectivity index (χ0v) is 57.5. The summed E-state index contributed by atoms with van der Waals surface area (Å²) in [6.07, 6.45) is 4.58. The molecule has 2 aliphatic heterocycles. The smallest absolute Gasteiger partial charge is 0.335 e. The molecule has 2 saturated heterocycles. The summed E-state index contributed by atoms with van der Waals surface area (Å²) in [6, 6.07) is 32.0. The number of hydrogen-bond acceptors (Lipinski definition) is 13. The fourth-order valence-corrected chi connectivity index (χ4v) is 12.2. The standard InChI is InChI=1S/C36H41ClFN7O4.C28H25ClFN5O5.C7H16N2/c1-22(2)44(20-31(46)40-29-11-7-9-26(34(29)38)25-8-5-6-10-28(25)37)33(48)21-45-30-13-12-23(18-27(30)35(41-45)36(39)49)19-32(47)43(4)24-14-16-42(3)17-15-24;1-15(2)34(13-23(36)32-21-9-5-7-18(25(21)30)17-6-3-4-8-20(17)29)24(37)14-35-22-11-10-16(28(39)40)12-19(22)26(33-35)27(31)38;1-8-7-3-5-9(2)6-4-7/h5-13,18,22,24H,14-17,19-21H2,1-4H3,(H2,39,49)(H,40,46);3-12,15H,13-14H2,1-2H3,(H2,31,38)(H,32,36)(H,39,40);7-8H,3-6H2,1-2H3. The molecule has 6 aromatic carbocycles. The zero-order valence-electron chi connectivity index (χ0n) is 56.0. The Morgan fingerprint density at radius 3 is 1.42 bits per heavy atom. The maximum atomic E-state index is 15.5. The van der Waals surface area contributed by atoms with Crippen molar-refractivity contribution >= 4 is 104 Å². The Kier molecular flexibility index (Phi) is 25.4. The number of anilines is 2. The van der Waals surface area contributed by atoms with Crippen molar-refractivity contribution in [1.29, 1.82) is 0 Å². The summed E-state index contributed by atoms with van der Waals surface area (Å²) in [6.45, 7) is 9.91. The van der Waals surface area contributed by atoms with E-state index in [0.717, 1.165) is 32.0 Å². The van der Waals surface area contributed by atoms with Crippen molar-refractivity contribution in [3.63, 3.8) is 0 Å². The number of primary amides is 2. The Balaban J connectivity index is 0.000000224. The Morgan fingerprint density at radius 1 is 0.582 bits per heavy atom. The van der Waals surface area contributed by atoms with Gasteiger partial charge in [-0.3, -0.25) is 42.9 Å². The third-order valence-corrected chi connectivity index (χ3v) is 18.0. The highest BCUT2D eigenvalue weighted by Crippen LogP contribution is 2.35. The molecule has 7 amide bonds. The predicted molar refractivity (Wildman–Crippen MR) is 375 cm³/mol. The van der Waals surface area contributed by atoms with E-state index in [1.54, 1.807) is 124 Å². The van der Waals surface area contributed by atoms with Crippen LogP contribution in [-0.2, 0) is 43.5 Å². The zero-order chi connectivity index (χ0) is 71.2. The molecule has 10 rings (SSSR count). The van der Waals surface area contributed by atoms with Crippen LogP contribution in [0.15, 0.2) is 121 Å². The van der Waals surface area contributed by atoms with Gasteiger partial charge in [-0.05, 0) is 161 Å². The van der Waals surface area contributed by atoms with Gasteiger partial charge in [0.15, 0.2) is 23.0 Å². The first-order valence-electron chi connectivity index (χ1n) is 32.0. The molecule has 8 aromatic rings. The number of nitrogens with two attached hydrogens (primary N) is 2. The van der Waals surface area contributed by atoms with Crippen LogP contribution in [-0.4, -0.2) is 188 Å². The van der Waals surface area contributed by atoms with Gasteiger partial charge >= 0.3 is 5.97 Å². The molecule has 2 fully saturated rings. The summed E-state index contributed by atoms with van der Waals surface area (Å²) in [5.74, 6) is -6.41. The topological polar surface area (TPSA) is 297 Å². The number of hydrogen-bond donors (Lipinski definition) is 6. The fourth-order valence-electron chi connectivity index (χ4n) is 11.7. The molecule has 4 heterocycles. The SMILES string of the molecule is CC(C)N(CC(=O)Nc1cccc(-c2ccccc2Cl)c1F)C(=O)Cn1nc(C(N)=O)c2cc(C(=O)O)ccc21.CC(C)N(CC(=O)Nc1cccc(-c2ccccc2Cl)c1F)C(=O)Cn1nc(C(N)=O)c2cc(CC(=O)N(C)C3CCN(C)CC3)ccc21.CNC1CCN(C)CC1. The molecule has 0 atom stereocenters. The molecule has 0 bridgehead atoms. The lowest BCUT2D eigenvalue weighted by atomic mass is 10.0. The van der Waals surface area contributed by atoms with Crippen molar-refractivity contribution in [3.8, 4) is 22.3 Å². The number of benzene rings is 6. The first-order chi connectivity index (χ1) is 46.6. The molecule has 0 radical (unpaired) electrons. The molecular weight excluding hydrogens is 1300 g/mol. The molecule has 27 heteroatoms. The van der Waals surface area contributed by atoms with Crippen LogP contribution in [0, 0.1) is 11.6 Å². The number of nitrogens with zero attached hydrogens (tertiary/aromatic N) is 9. The number of carbonyl (C=O) groups excluding carboxylic acids is 7. The first kappa shape index (κ1) is 74.1. The Labute approximate surface area is 576 Å². The Morgan fingerprint density at radius 2 is 1.00 bits per heavy atom. The van der Waals surface area contributed by atoms with Crippen LogP contribution < -0.4 is 27.4 Å².